The number of hydrogen-bond acceptors (Lipinski definition) is 5. The van der Waals surface area contributed by atoms with E-state index in [1.165, 1.54) is 34.9 Å². The monoisotopic (exact) mass is 492 g/mol. The Morgan fingerprint density at radius 2 is 1.77 bits per heavy atom. The quantitative estimate of drug-likeness (QED) is 0.435. The highest BCUT2D eigenvalue weighted by molar-refractivity contribution is 6.04. The number of phenolic OH excluding ortho intramolecular Hbond substituents is 1. The van der Waals surface area contributed by atoms with Crippen LogP contribution in [0.3, 0.4) is 0 Å². The van der Waals surface area contributed by atoms with E-state index in [1.807, 2.05) is 0 Å². The number of aromatic nitrogens is 1. The second-order valence-corrected chi connectivity index (χ2v) is 8.04. The lowest BCUT2D eigenvalue weighted by Crippen LogP contribution is -2.34. The number of aliphatic carboxylic acids is 1. The van der Waals surface area contributed by atoms with E-state index in [4.69, 9.17) is 5.11 Å². The number of hydrogen-bond donors (Lipinski definition) is 3. The van der Waals surface area contributed by atoms with Crippen molar-refractivity contribution in [3.63, 3.8) is 0 Å². The van der Waals surface area contributed by atoms with Crippen LogP contribution in [0.5, 0.6) is 11.5 Å². The fourth-order valence-corrected chi connectivity index (χ4v) is 3.88. The van der Waals surface area contributed by atoms with E-state index in [9.17, 15) is 32.7 Å². The van der Waals surface area contributed by atoms with Gasteiger partial charge in [-0.05, 0) is 68.3 Å². The Labute approximate surface area is 197 Å². The molecule has 0 aliphatic carbocycles. The molecule has 0 spiro atoms. The Balaban J connectivity index is 1.89. The first kappa shape index (κ1) is 25.6. The smallest absolute Gasteiger partial charge is 0.508 e. The third-order valence-electron chi connectivity index (χ3n) is 5.35. The Hall–Kier alpha value is -4.02. The maximum atomic E-state index is 13.3. The summed E-state index contributed by atoms with van der Waals surface area (Å²) >= 11 is 0. The third-order valence-corrected chi connectivity index (χ3v) is 5.35. The SMILES string of the molecule is Cc1c(CCC(=O)N[C@@H](C)CC(=O)O)c2cc(O)ccc2n1C(=O)c1ccc(OC(F)(F)F)cc1. The molecule has 1 heterocycles. The van der Waals surface area contributed by atoms with Gasteiger partial charge in [0, 0.05) is 29.1 Å². The largest absolute Gasteiger partial charge is 0.573 e. The molecule has 0 unspecified atom stereocenters. The molecule has 0 fully saturated rings. The summed E-state index contributed by atoms with van der Waals surface area (Å²) in [7, 11) is 0. The van der Waals surface area contributed by atoms with Crippen molar-refractivity contribution in [1.29, 1.82) is 0 Å². The van der Waals surface area contributed by atoms with Crippen LogP contribution >= 0.6 is 0 Å². The van der Waals surface area contributed by atoms with Crippen molar-refractivity contribution in [2.45, 2.75) is 45.5 Å². The molecule has 1 aromatic heterocycles. The minimum absolute atomic E-state index is 0.0111. The minimum Gasteiger partial charge on any atom is -0.508 e. The fourth-order valence-electron chi connectivity index (χ4n) is 3.88. The van der Waals surface area contributed by atoms with Gasteiger partial charge in [-0.2, -0.15) is 0 Å². The van der Waals surface area contributed by atoms with Crippen LogP contribution in [-0.4, -0.2) is 45.0 Å². The lowest BCUT2D eigenvalue weighted by Gasteiger charge is -2.12. The van der Waals surface area contributed by atoms with Crippen LogP contribution in [0.2, 0.25) is 0 Å². The Morgan fingerprint density at radius 3 is 2.37 bits per heavy atom. The summed E-state index contributed by atoms with van der Waals surface area (Å²) in [6.07, 6.45) is -4.86. The maximum Gasteiger partial charge on any atom is 0.573 e. The number of phenols is 1. The lowest BCUT2D eigenvalue weighted by atomic mass is 10.0. The molecule has 3 rings (SSSR count). The molecule has 3 N–H and O–H groups in total. The predicted molar refractivity (Wildman–Crippen MR) is 119 cm³/mol. The summed E-state index contributed by atoms with van der Waals surface area (Å²) in [4.78, 5) is 36.4. The number of rotatable bonds is 8. The highest BCUT2D eigenvalue weighted by atomic mass is 19.4. The molecule has 11 heteroatoms. The maximum absolute atomic E-state index is 13.3. The van der Waals surface area contributed by atoms with Gasteiger partial charge >= 0.3 is 12.3 Å². The number of nitrogens with zero attached hydrogens (tertiary/aromatic N) is 1. The van der Waals surface area contributed by atoms with Crippen molar-refractivity contribution in [3.05, 3.63) is 59.3 Å². The zero-order chi connectivity index (χ0) is 25.9. The molecule has 35 heavy (non-hydrogen) atoms. The van der Waals surface area contributed by atoms with Gasteiger partial charge in [0.2, 0.25) is 5.91 Å². The number of fused-ring (bicyclic) bond motifs is 1. The van der Waals surface area contributed by atoms with E-state index in [-0.39, 0.29) is 36.5 Å². The van der Waals surface area contributed by atoms with E-state index in [1.54, 1.807) is 13.8 Å². The second kappa shape index (κ2) is 10.1. The standard InChI is InChI=1S/C24H23F3N2O6/c1-13(11-22(32)33)28-21(31)10-8-18-14(2)29(20-9-5-16(30)12-19(18)20)23(34)15-3-6-17(7-4-15)35-24(25,26)27/h3-7,9,12-13,30H,8,10-11H2,1-2H3,(H,28,31)(H,32,33)/t13-/m0/s1. The molecule has 3 aromatic rings. The molecular weight excluding hydrogens is 469 g/mol. The van der Waals surface area contributed by atoms with Gasteiger partial charge in [0.1, 0.15) is 11.5 Å². The van der Waals surface area contributed by atoms with Crippen LogP contribution in [0.25, 0.3) is 10.9 Å². The number of carbonyl (C=O) groups excluding carboxylic acids is 2. The molecule has 2 aromatic carbocycles. The van der Waals surface area contributed by atoms with Crippen LogP contribution in [0.1, 0.15) is 41.4 Å². The predicted octanol–water partition coefficient (Wildman–Crippen LogP) is 4.15. The molecule has 0 aliphatic rings. The molecule has 1 amide bonds. The Kier molecular flexibility index (Phi) is 7.37. The highest BCUT2D eigenvalue weighted by Crippen LogP contribution is 2.31. The Morgan fingerprint density at radius 1 is 1.11 bits per heavy atom. The summed E-state index contributed by atoms with van der Waals surface area (Å²) < 4.78 is 42.5. The fraction of sp³-hybridized carbons (Fsp3) is 0.292. The summed E-state index contributed by atoms with van der Waals surface area (Å²) in [5, 5.41) is 22.0. The van der Waals surface area contributed by atoms with E-state index >= 15 is 0 Å². The van der Waals surface area contributed by atoms with Crippen LogP contribution in [0.15, 0.2) is 42.5 Å². The summed E-state index contributed by atoms with van der Waals surface area (Å²) in [6.45, 7) is 3.24. The average Bonchev–Trinajstić information content (AvgIpc) is 3.00. The normalized spacial score (nSPS) is 12.4. The van der Waals surface area contributed by atoms with Gasteiger partial charge < -0.3 is 20.3 Å². The number of ether oxygens (including phenoxy) is 1. The highest BCUT2D eigenvalue weighted by Gasteiger charge is 2.31. The van der Waals surface area contributed by atoms with Crippen molar-refractivity contribution in [2.24, 2.45) is 0 Å². The van der Waals surface area contributed by atoms with Crippen LogP contribution < -0.4 is 10.1 Å². The zero-order valence-corrected chi connectivity index (χ0v) is 18.8. The number of nitrogens with one attached hydrogen (secondary N) is 1. The van der Waals surface area contributed by atoms with E-state index in [0.717, 1.165) is 12.1 Å². The number of aromatic hydroxyl groups is 1. The molecular formula is C24H23F3N2O6. The number of halogens is 3. The van der Waals surface area contributed by atoms with Gasteiger partial charge in [0.05, 0.1) is 11.9 Å². The van der Waals surface area contributed by atoms with Crippen LogP contribution in [0, 0.1) is 6.92 Å². The third kappa shape index (κ3) is 6.31. The van der Waals surface area contributed by atoms with Gasteiger partial charge in [-0.3, -0.25) is 19.0 Å². The average molecular weight is 492 g/mol. The molecule has 1 atom stereocenters. The lowest BCUT2D eigenvalue weighted by molar-refractivity contribution is -0.274. The van der Waals surface area contributed by atoms with Gasteiger partial charge in [0.25, 0.3) is 5.91 Å². The van der Waals surface area contributed by atoms with Crippen molar-refractivity contribution >= 4 is 28.7 Å². The number of alkyl halides is 3. The van der Waals surface area contributed by atoms with Crippen molar-refractivity contribution in [1.82, 2.24) is 9.88 Å². The minimum atomic E-state index is -4.85. The first-order valence-corrected chi connectivity index (χ1v) is 10.6. The topological polar surface area (TPSA) is 118 Å². The number of carboxylic acids is 1. The molecule has 0 saturated carbocycles. The van der Waals surface area contributed by atoms with Crippen molar-refractivity contribution < 1.29 is 42.5 Å². The first-order chi connectivity index (χ1) is 16.4. The molecule has 0 bridgehead atoms. The molecule has 0 saturated heterocycles. The Bertz CT molecular complexity index is 1260. The number of carbonyl (C=O) groups is 3. The van der Waals surface area contributed by atoms with Gasteiger partial charge in [0.15, 0.2) is 0 Å². The molecule has 0 radical (unpaired) electrons. The van der Waals surface area contributed by atoms with Crippen molar-refractivity contribution in [2.75, 3.05) is 0 Å². The zero-order valence-electron chi connectivity index (χ0n) is 18.8. The van der Waals surface area contributed by atoms with Gasteiger partial charge in [-0.15, -0.1) is 13.2 Å². The summed E-state index contributed by atoms with van der Waals surface area (Å²) in [6, 6.07) is 8.35. The van der Waals surface area contributed by atoms with Gasteiger partial charge in [-0.1, -0.05) is 0 Å². The van der Waals surface area contributed by atoms with Crippen LogP contribution in [0.4, 0.5) is 13.2 Å². The van der Waals surface area contributed by atoms with Crippen molar-refractivity contribution in [3.8, 4) is 11.5 Å². The number of amides is 1. The molecule has 8 nitrogen and oxygen atoms in total. The number of benzene rings is 2. The van der Waals surface area contributed by atoms with Gasteiger partial charge in [-0.25, -0.2) is 0 Å². The summed E-state index contributed by atoms with van der Waals surface area (Å²) in [5.41, 5.74) is 1.69. The summed E-state index contributed by atoms with van der Waals surface area (Å²) in [5.74, 6) is -2.43. The number of aryl methyl sites for hydroxylation is 1. The van der Waals surface area contributed by atoms with E-state index in [0.29, 0.717) is 22.2 Å². The second-order valence-electron chi connectivity index (χ2n) is 8.04. The molecule has 0 aliphatic heterocycles. The first-order valence-electron chi connectivity index (χ1n) is 10.6. The van der Waals surface area contributed by atoms with E-state index < -0.39 is 30.0 Å². The van der Waals surface area contributed by atoms with E-state index in [2.05, 4.69) is 10.1 Å². The van der Waals surface area contributed by atoms with Crippen LogP contribution in [-0.2, 0) is 16.0 Å². The molecule has 186 valence electrons. The number of carboxylic acid groups (broad SMARTS) is 1.